The molecule has 0 unspecified atom stereocenters. The summed E-state index contributed by atoms with van der Waals surface area (Å²) < 4.78 is 18.1. The highest BCUT2D eigenvalue weighted by Crippen LogP contribution is 2.24. The van der Waals surface area contributed by atoms with Crippen LogP contribution >= 0.6 is 0 Å². The summed E-state index contributed by atoms with van der Waals surface area (Å²) in [6.07, 6.45) is 0.532. The maximum absolute atomic E-state index is 13.3. The molecular weight excluding hydrogens is 193 g/mol. The Morgan fingerprint density at radius 2 is 2.13 bits per heavy atom. The molecule has 0 aliphatic rings. The van der Waals surface area contributed by atoms with E-state index in [0.717, 1.165) is 5.56 Å². The molecule has 80 valence electrons. The van der Waals surface area contributed by atoms with Crippen molar-refractivity contribution in [2.75, 3.05) is 7.11 Å². The summed E-state index contributed by atoms with van der Waals surface area (Å²) in [5, 5.41) is 8.86. The SMILES string of the molecule is COc1ccc(CC(C)(C)C#N)cc1F. The Bertz CT molecular complexity index is 393. The molecule has 0 N–H and O–H groups in total. The smallest absolute Gasteiger partial charge is 0.165 e. The van der Waals surface area contributed by atoms with E-state index < -0.39 is 5.41 Å². The number of hydrogen-bond donors (Lipinski definition) is 0. The van der Waals surface area contributed by atoms with Crippen molar-refractivity contribution in [1.82, 2.24) is 0 Å². The Morgan fingerprint density at radius 1 is 1.47 bits per heavy atom. The first kappa shape index (κ1) is 11.5. The van der Waals surface area contributed by atoms with Crippen LogP contribution in [0.15, 0.2) is 18.2 Å². The van der Waals surface area contributed by atoms with Gasteiger partial charge in [0.15, 0.2) is 11.6 Å². The van der Waals surface area contributed by atoms with E-state index in [1.807, 2.05) is 13.8 Å². The minimum absolute atomic E-state index is 0.230. The van der Waals surface area contributed by atoms with Gasteiger partial charge >= 0.3 is 0 Å². The van der Waals surface area contributed by atoms with E-state index in [-0.39, 0.29) is 11.6 Å². The Morgan fingerprint density at radius 3 is 2.60 bits per heavy atom. The van der Waals surface area contributed by atoms with Crippen molar-refractivity contribution in [3.8, 4) is 11.8 Å². The first-order chi connectivity index (χ1) is 6.98. The van der Waals surface area contributed by atoms with Crippen LogP contribution < -0.4 is 4.74 Å². The fourth-order valence-corrected chi connectivity index (χ4v) is 1.37. The minimum atomic E-state index is -0.471. The number of hydrogen-bond acceptors (Lipinski definition) is 2. The van der Waals surface area contributed by atoms with Crippen LogP contribution in [0.1, 0.15) is 19.4 Å². The molecule has 0 saturated heterocycles. The van der Waals surface area contributed by atoms with E-state index in [4.69, 9.17) is 10.00 Å². The molecule has 0 radical (unpaired) electrons. The van der Waals surface area contributed by atoms with Gasteiger partial charge in [-0.1, -0.05) is 6.07 Å². The number of nitriles is 1. The topological polar surface area (TPSA) is 33.0 Å². The molecule has 15 heavy (non-hydrogen) atoms. The standard InChI is InChI=1S/C12H14FNO/c1-12(2,8-14)7-9-4-5-11(15-3)10(13)6-9/h4-6H,7H2,1-3H3. The molecule has 0 bridgehead atoms. The van der Waals surface area contributed by atoms with Gasteiger partial charge in [0.05, 0.1) is 18.6 Å². The molecule has 0 amide bonds. The maximum atomic E-state index is 13.3. The number of rotatable bonds is 3. The van der Waals surface area contributed by atoms with E-state index in [2.05, 4.69) is 6.07 Å². The second-order valence-electron chi connectivity index (χ2n) is 4.14. The summed E-state index contributed by atoms with van der Waals surface area (Å²) in [5.41, 5.74) is 0.334. The Hall–Kier alpha value is -1.56. The van der Waals surface area contributed by atoms with Gasteiger partial charge in [-0.3, -0.25) is 0 Å². The molecule has 2 nitrogen and oxygen atoms in total. The lowest BCUT2D eigenvalue weighted by molar-refractivity contribution is 0.385. The number of nitrogens with zero attached hydrogens (tertiary/aromatic N) is 1. The van der Waals surface area contributed by atoms with Gasteiger partial charge < -0.3 is 4.74 Å². The van der Waals surface area contributed by atoms with Crippen molar-refractivity contribution >= 4 is 0 Å². The molecule has 0 spiro atoms. The van der Waals surface area contributed by atoms with E-state index >= 15 is 0 Å². The second kappa shape index (κ2) is 4.31. The lowest BCUT2D eigenvalue weighted by Gasteiger charge is -2.15. The summed E-state index contributed by atoms with van der Waals surface area (Å²) in [6, 6.07) is 6.96. The third-order valence-electron chi connectivity index (χ3n) is 2.16. The highest BCUT2D eigenvalue weighted by Gasteiger charge is 2.18. The monoisotopic (exact) mass is 207 g/mol. The van der Waals surface area contributed by atoms with Crippen molar-refractivity contribution < 1.29 is 9.13 Å². The summed E-state index contributed by atoms with van der Waals surface area (Å²) in [6.45, 7) is 3.66. The molecule has 0 aromatic heterocycles. The van der Waals surface area contributed by atoms with Crippen LogP contribution in [0.3, 0.4) is 0 Å². The third-order valence-corrected chi connectivity index (χ3v) is 2.16. The molecule has 1 aromatic carbocycles. The normalized spacial score (nSPS) is 10.9. The summed E-state index contributed by atoms with van der Waals surface area (Å²) in [7, 11) is 1.43. The van der Waals surface area contributed by atoms with Crippen molar-refractivity contribution in [3.05, 3.63) is 29.6 Å². The Kier molecular flexibility index (Phi) is 3.31. The highest BCUT2D eigenvalue weighted by atomic mass is 19.1. The third kappa shape index (κ3) is 2.95. The molecule has 0 heterocycles. The molecule has 3 heteroatoms. The highest BCUT2D eigenvalue weighted by molar-refractivity contribution is 5.30. The molecule has 0 saturated carbocycles. The van der Waals surface area contributed by atoms with Crippen LogP contribution in [-0.2, 0) is 6.42 Å². The molecule has 1 aromatic rings. The van der Waals surface area contributed by atoms with Crippen LogP contribution in [-0.4, -0.2) is 7.11 Å². The summed E-state index contributed by atoms with van der Waals surface area (Å²) >= 11 is 0. The molecular formula is C12H14FNO. The first-order valence-electron chi connectivity index (χ1n) is 4.72. The van der Waals surface area contributed by atoms with Crippen molar-refractivity contribution in [1.29, 1.82) is 5.26 Å². The number of halogens is 1. The van der Waals surface area contributed by atoms with Gasteiger partial charge in [-0.15, -0.1) is 0 Å². The van der Waals surface area contributed by atoms with Crippen LogP contribution in [0.4, 0.5) is 4.39 Å². The van der Waals surface area contributed by atoms with Crippen LogP contribution in [0.25, 0.3) is 0 Å². The minimum Gasteiger partial charge on any atom is -0.494 e. The van der Waals surface area contributed by atoms with Crippen molar-refractivity contribution in [2.24, 2.45) is 5.41 Å². The van der Waals surface area contributed by atoms with E-state index in [0.29, 0.717) is 6.42 Å². The zero-order valence-corrected chi connectivity index (χ0v) is 9.17. The number of methoxy groups -OCH3 is 1. The number of benzene rings is 1. The van der Waals surface area contributed by atoms with Crippen LogP contribution in [0, 0.1) is 22.6 Å². The second-order valence-corrected chi connectivity index (χ2v) is 4.14. The molecule has 0 fully saturated rings. The fourth-order valence-electron chi connectivity index (χ4n) is 1.37. The van der Waals surface area contributed by atoms with Crippen molar-refractivity contribution in [3.63, 3.8) is 0 Å². The predicted octanol–water partition coefficient (Wildman–Crippen LogP) is 2.93. The average Bonchev–Trinajstić information content (AvgIpc) is 2.17. The van der Waals surface area contributed by atoms with Gasteiger partial charge in [0, 0.05) is 0 Å². The van der Waals surface area contributed by atoms with Crippen LogP contribution in [0.5, 0.6) is 5.75 Å². The van der Waals surface area contributed by atoms with Crippen LogP contribution in [0.2, 0.25) is 0 Å². The molecule has 0 aliphatic carbocycles. The largest absolute Gasteiger partial charge is 0.494 e. The zero-order valence-electron chi connectivity index (χ0n) is 9.17. The van der Waals surface area contributed by atoms with Gasteiger partial charge in [0.2, 0.25) is 0 Å². The summed E-state index contributed by atoms with van der Waals surface area (Å²) in [5.74, 6) is -0.155. The first-order valence-corrected chi connectivity index (χ1v) is 4.72. The quantitative estimate of drug-likeness (QED) is 0.763. The lowest BCUT2D eigenvalue weighted by Crippen LogP contribution is -2.11. The summed E-state index contributed by atoms with van der Waals surface area (Å²) in [4.78, 5) is 0. The molecule has 0 aliphatic heterocycles. The van der Waals surface area contributed by atoms with Gasteiger partial charge in [-0.25, -0.2) is 4.39 Å². The Labute approximate surface area is 89.3 Å². The zero-order chi connectivity index (χ0) is 11.5. The maximum Gasteiger partial charge on any atom is 0.165 e. The number of ether oxygens (including phenoxy) is 1. The lowest BCUT2D eigenvalue weighted by atomic mass is 9.87. The Balaban J connectivity index is 2.90. The van der Waals surface area contributed by atoms with Gasteiger partial charge in [-0.05, 0) is 38.0 Å². The molecule has 1 rings (SSSR count). The van der Waals surface area contributed by atoms with Gasteiger partial charge in [-0.2, -0.15) is 5.26 Å². The van der Waals surface area contributed by atoms with Gasteiger partial charge in [0.1, 0.15) is 0 Å². The van der Waals surface area contributed by atoms with E-state index in [9.17, 15) is 4.39 Å². The van der Waals surface area contributed by atoms with E-state index in [1.54, 1.807) is 12.1 Å². The predicted molar refractivity (Wildman–Crippen MR) is 56.1 cm³/mol. The van der Waals surface area contributed by atoms with Gasteiger partial charge in [0.25, 0.3) is 0 Å². The molecule has 0 atom stereocenters. The fraction of sp³-hybridized carbons (Fsp3) is 0.417. The average molecular weight is 207 g/mol. The van der Waals surface area contributed by atoms with Crippen molar-refractivity contribution in [2.45, 2.75) is 20.3 Å². The van der Waals surface area contributed by atoms with E-state index in [1.165, 1.54) is 13.2 Å².